The minimum atomic E-state index is -0.662. The third kappa shape index (κ3) is 3.96. The van der Waals surface area contributed by atoms with Crippen LogP contribution in [0.3, 0.4) is 0 Å². The molecular formula is C26H25BrN2O3. The molecule has 1 aliphatic heterocycles. The highest BCUT2D eigenvalue weighted by Gasteiger charge is 2.46. The number of carbonyl (C=O) groups is 2. The Hall–Kier alpha value is -2.96. The van der Waals surface area contributed by atoms with Crippen molar-refractivity contribution in [3.63, 3.8) is 0 Å². The molecular weight excluding hydrogens is 468 g/mol. The van der Waals surface area contributed by atoms with Crippen molar-refractivity contribution in [2.24, 2.45) is 0 Å². The number of likely N-dealkylation sites (tertiary alicyclic amines) is 1. The van der Waals surface area contributed by atoms with Gasteiger partial charge in [0.15, 0.2) is 0 Å². The van der Waals surface area contributed by atoms with Crippen LogP contribution in [0.15, 0.2) is 70.7 Å². The fourth-order valence-corrected chi connectivity index (χ4v) is 4.42. The summed E-state index contributed by atoms with van der Waals surface area (Å²) in [6.07, 6.45) is 0. The molecule has 1 N–H and O–H groups in total. The summed E-state index contributed by atoms with van der Waals surface area (Å²) in [4.78, 5) is 29.9. The monoisotopic (exact) mass is 492 g/mol. The van der Waals surface area contributed by atoms with Crippen LogP contribution in [0.1, 0.15) is 22.7 Å². The lowest BCUT2D eigenvalue weighted by Gasteiger charge is -2.27. The lowest BCUT2D eigenvalue weighted by Crippen LogP contribution is -2.35. The summed E-state index contributed by atoms with van der Waals surface area (Å²) in [5, 5.41) is 13.2. The lowest BCUT2D eigenvalue weighted by atomic mass is 9.91. The highest BCUT2D eigenvalue weighted by molar-refractivity contribution is 9.10. The topological polar surface area (TPSA) is 60.9 Å². The van der Waals surface area contributed by atoms with Crippen LogP contribution in [0, 0.1) is 6.92 Å². The lowest BCUT2D eigenvalue weighted by molar-refractivity contribution is -0.140. The van der Waals surface area contributed by atoms with Gasteiger partial charge in [-0.05, 0) is 55.1 Å². The number of fused-ring (bicyclic) bond motifs is 1. The first kappa shape index (κ1) is 22.2. The van der Waals surface area contributed by atoms with E-state index in [-0.39, 0.29) is 11.3 Å². The van der Waals surface area contributed by atoms with Gasteiger partial charge in [-0.2, -0.15) is 0 Å². The number of likely N-dealkylation sites (N-methyl/N-ethyl adjacent to an activating group) is 1. The molecule has 1 aliphatic rings. The third-order valence-corrected chi connectivity index (χ3v) is 6.77. The van der Waals surface area contributed by atoms with Crippen molar-refractivity contribution in [3.8, 4) is 0 Å². The minimum Gasteiger partial charge on any atom is -0.507 e. The number of ketones is 1. The second kappa shape index (κ2) is 8.88. The van der Waals surface area contributed by atoms with E-state index < -0.39 is 17.7 Å². The van der Waals surface area contributed by atoms with Gasteiger partial charge in [0.2, 0.25) is 0 Å². The number of aryl methyl sites for hydroxylation is 1. The molecule has 1 amide bonds. The van der Waals surface area contributed by atoms with Crippen LogP contribution in [-0.2, 0) is 9.59 Å². The van der Waals surface area contributed by atoms with E-state index in [0.29, 0.717) is 18.7 Å². The molecule has 0 saturated carbocycles. The summed E-state index contributed by atoms with van der Waals surface area (Å²) >= 11 is 3.47. The first-order chi connectivity index (χ1) is 15.3. The molecule has 1 unspecified atom stereocenters. The SMILES string of the molecule is Cc1cc(/C(O)=C2/C(=O)C(=O)N(CCN(C)C)C2c2cccc3ccccc23)ccc1Br. The molecule has 0 bridgehead atoms. The second-order valence-corrected chi connectivity index (χ2v) is 9.18. The number of rotatable bonds is 5. The Bertz CT molecular complexity index is 1240. The Morgan fingerprint density at radius 1 is 1.06 bits per heavy atom. The van der Waals surface area contributed by atoms with E-state index in [4.69, 9.17) is 0 Å². The van der Waals surface area contributed by atoms with Crippen LogP contribution in [0.2, 0.25) is 0 Å². The van der Waals surface area contributed by atoms with Crippen molar-refractivity contribution < 1.29 is 14.7 Å². The minimum absolute atomic E-state index is 0.131. The van der Waals surface area contributed by atoms with Gasteiger partial charge >= 0.3 is 0 Å². The fourth-order valence-electron chi connectivity index (χ4n) is 4.18. The maximum absolute atomic E-state index is 13.2. The van der Waals surface area contributed by atoms with Crippen LogP contribution in [0.25, 0.3) is 16.5 Å². The molecule has 32 heavy (non-hydrogen) atoms. The molecule has 0 aromatic heterocycles. The van der Waals surface area contributed by atoms with Crippen LogP contribution in [0.4, 0.5) is 0 Å². The quantitative estimate of drug-likeness (QED) is 0.312. The Morgan fingerprint density at radius 3 is 2.50 bits per heavy atom. The predicted molar refractivity (Wildman–Crippen MR) is 130 cm³/mol. The Balaban J connectivity index is 1.95. The fraction of sp³-hybridized carbons (Fsp3) is 0.231. The molecule has 1 fully saturated rings. The van der Waals surface area contributed by atoms with Crippen molar-refractivity contribution in [1.29, 1.82) is 0 Å². The van der Waals surface area contributed by atoms with Gasteiger partial charge in [0, 0.05) is 23.1 Å². The number of amides is 1. The molecule has 4 rings (SSSR count). The van der Waals surface area contributed by atoms with Gasteiger partial charge in [-0.25, -0.2) is 0 Å². The molecule has 164 valence electrons. The van der Waals surface area contributed by atoms with Gasteiger partial charge in [0.05, 0.1) is 11.6 Å². The van der Waals surface area contributed by atoms with E-state index in [2.05, 4.69) is 15.9 Å². The zero-order chi connectivity index (χ0) is 23.0. The Labute approximate surface area is 196 Å². The van der Waals surface area contributed by atoms with Gasteiger partial charge in [0.1, 0.15) is 5.76 Å². The van der Waals surface area contributed by atoms with E-state index in [1.54, 1.807) is 11.0 Å². The molecule has 0 radical (unpaired) electrons. The highest BCUT2D eigenvalue weighted by Crippen LogP contribution is 2.42. The average Bonchev–Trinajstić information content (AvgIpc) is 3.03. The molecule has 3 aromatic carbocycles. The Morgan fingerprint density at radius 2 is 1.78 bits per heavy atom. The number of benzene rings is 3. The van der Waals surface area contributed by atoms with Crippen LogP contribution < -0.4 is 0 Å². The predicted octanol–water partition coefficient (Wildman–Crippen LogP) is 4.89. The van der Waals surface area contributed by atoms with E-state index in [9.17, 15) is 14.7 Å². The molecule has 0 aliphatic carbocycles. The van der Waals surface area contributed by atoms with Crippen LogP contribution in [0.5, 0.6) is 0 Å². The number of Topliss-reactive ketones (excluding diaryl/α,β-unsaturated/α-hetero) is 1. The molecule has 1 heterocycles. The number of halogens is 1. The molecule has 1 atom stereocenters. The summed E-state index contributed by atoms with van der Waals surface area (Å²) in [6, 6.07) is 18.5. The van der Waals surface area contributed by atoms with E-state index in [0.717, 1.165) is 26.4 Å². The largest absolute Gasteiger partial charge is 0.507 e. The molecule has 3 aromatic rings. The van der Waals surface area contributed by atoms with Crippen molar-refractivity contribution in [1.82, 2.24) is 9.80 Å². The van der Waals surface area contributed by atoms with E-state index >= 15 is 0 Å². The maximum Gasteiger partial charge on any atom is 0.295 e. The standard InChI is InChI=1S/C26H25BrN2O3/c1-16-15-18(11-12-21(16)27)24(30)22-23(29(14-13-28(2)3)26(32)25(22)31)20-10-6-8-17-7-4-5-9-19(17)20/h4-12,15,23,30H,13-14H2,1-3H3/b24-22-. The number of aliphatic hydroxyl groups is 1. The average molecular weight is 493 g/mol. The maximum atomic E-state index is 13.2. The van der Waals surface area contributed by atoms with Gasteiger partial charge in [-0.3, -0.25) is 9.59 Å². The molecule has 6 heteroatoms. The van der Waals surface area contributed by atoms with Crippen molar-refractivity contribution in [3.05, 3.63) is 87.4 Å². The summed E-state index contributed by atoms with van der Waals surface area (Å²) in [5.74, 6) is -1.39. The summed E-state index contributed by atoms with van der Waals surface area (Å²) in [6.45, 7) is 2.89. The van der Waals surface area contributed by atoms with E-state index in [1.807, 2.05) is 80.5 Å². The Kier molecular flexibility index (Phi) is 6.17. The summed E-state index contributed by atoms with van der Waals surface area (Å²) in [7, 11) is 3.85. The number of carbonyl (C=O) groups excluding carboxylic acids is 2. The van der Waals surface area contributed by atoms with Gasteiger partial charge in [-0.1, -0.05) is 64.5 Å². The zero-order valence-electron chi connectivity index (χ0n) is 18.3. The van der Waals surface area contributed by atoms with Gasteiger partial charge in [-0.15, -0.1) is 0 Å². The first-order valence-corrected chi connectivity index (χ1v) is 11.3. The van der Waals surface area contributed by atoms with Crippen molar-refractivity contribution in [2.45, 2.75) is 13.0 Å². The normalized spacial score (nSPS) is 18.2. The number of aliphatic hydroxyl groups excluding tert-OH is 1. The smallest absolute Gasteiger partial charge is 0.295 e. The van der Waals surface area contributed by atoms with Crippen LogP contribution in [-0.4, -0.2) is 53.8 Å². The van der Waals surface area contributed by atoms with Crippen molar-refractivity contribution in [2.75, 3.05) is 27.2 Å². The van der Waals surface area contributed by atoms with Crippen molar-refractivity contribution >= 4 is 44.2 Å². The number of hydrogen-bond acceptors (Lipinski definition) is 4. The second-order valence-electron chi connectivity index (χ2n) is 8.33. The van der Waals surface area contributed by atoms with E-state index in [1.165, 1.54) is 0 Å². The number of nitrogens with zero attached hydrogens (tertiary/aromatic N) is 2. The van der Waals surface area contributed by atoms with Gasteiger partial charge in [0.25, 0.3) is 11.7 Å². The summed E-state index contributed by atoms with van der Waals surface area (Å²) < 4.78 is 0.908. The molecule has 5 nitrogen and oxygen atoms in total. The first-order valence-electron chi connectivity index (χ1n) is 10.5. The molecule has 1 saturated heterocycles. The zero-order valence-corrected chi connectivity index (χ0v) is 19.9. The summed E-state index contributed by atoms with van der Waals surface area (Å²) in [5.41, 5.74) is 2.41. The third-order valence-electron chi connectivity index (χ3n) is 5.88. The molecule has 0 spiro atoms. The highest BCUT2D eigenvalue weighted by atomic mass is 79.9. The van der Waals surface area contributed by atoms with Gasteiger partial charge < -0.3 is 14.9 Å². The number of hydrogen-bond donors (Lipinski definition) is 1. The van der Waals surface area contributed by atoms with Crippen LogP contribution >= 0.6 is 15.9 Å².